The summed E-state index contributed by atoms with van der Waals surface area (Å²) in [4.78, 5) is 2.18. The number of thioether (sulfide) groups is 1. The van der Waals surface area contributed by atoms with Gasteiger partial charge >= 0.3 is 0 Å². The minimum Gasteiger partial charge on any atom is -0.383 e. The van der Waals surface area contributed by atoms with Gasteiger partial charge in [-0.2, -0.15) is 17.0 Å². The zero-order valence-corrected chi connectivity index (χ0v) is 14.2. The maximum atomic E-state index is 9.39. The van der Waals surface area contributed by atoms with Gasteiger partial charge in [0.25, 0.3) is 0 Å². The Labute approximate surface area is 132 Å². The molecule has 0 aliphatic heterocycles. The van der Waals surface area contributed by atoms with Gasteiger partial charge in [0.05, 0.1) is 17.9 Å². The average molecular weight is 307 g/mol. The Bertz CT molecular complexity index is 473. The van der Waals surface area contributed by atoms with Gasteiger partial charge in [0.2, 0.25) is 0 Å². The lowest BCUT2D eigenvalue weighted by Gasteiger charge is -2.27. The third kappa shape index (κ3) is 5.58. The Kier molecular flexibility index (Phi) is 8.21. The van der Waals surface area contributed by atoms with Crippen LogP contribution in [-0.2, 0) is 11.3 Å². The van der Waals surface area contributed by atoms with E-state index < -0.39 is 0 Å². The minimum atomic E-state index is 0.401. The molecule has 1 aromatic rings. The standard InChI is InChI=1S/C16H25N3OS/c1-13(12-21-4)19(2)16-6-5-14(9-15(16)10-17)11-18-7-8-20-3/h5-6,9,13,18H,7-8,11-12H2,1-4H3. The van der Waals surface area contributed by atoms with Crippen LogP contribution < -0.4 is 10.2 Å². The molecule has 0 spiro atoms. The molecule has 1 unspecified atom stereocenters. The van der Waals surface area contributed by atoms with Gasteiger partial charge in [-0.25, -0.2) is 0 Å². The summed E-state index contributed by atoms with van der Waals surface area (Å²) in [7, 11) is 3.74. The molecule has 116 valence electrons. The van der Waals surface area contributed by atoms with Crippen LogP contribution in [0.15, 0.2) is 18.2 Å². The Balaban J connectivity index is 2.77. The SMILES string of the molecule is COCCNCc1ccc(N(C)C(C)CSC)c(C#N)c1. The van der Waals surface area contributed by atoms with E-state index in [1.807, 2.05) is 30.9 Å². The van der Waals surface area contributed by atoms with Crippen molar-refractivity contribution in [3.05, 3.63) is 29.3 Å². The van der Waals surface area contributed by atoms with Crippen LogP contribution in [-0.4, -0.2) is 45.4 Å². The van der Waals surface area contributed by atoms with Gasteiger partial charge in [-0.1, -0.05) is 6.07 Å². The third-order valence-electron chi connectivity index (χ3n) is 3.44. The van der Waals surface area contributed by atoms with Crippen molar-refractivity contribution in [1.29, 1.82) is 5.26 Å². The normalized spacial score (nSPS) is 12.0. The van der Waals surface area contributed by atoms with Crippen molar-refractivity contribution >= 4 is 17.4 Å². The van der Waals surface area contributed by atoms with Crippen molar-refractivity contribution in [2.75, 3.05) is 44.2 Å². The molecule has 0 aliphatic rings. The number of methoxy groups -OCH3 is 1. The molecule has 0 heterocycles. The predicted molar refractivity (Wildman–Crippen MR) is 91.0 cm³/mol. The van der Waals surface area contributed by atoms with Crippen LogP contribution in [0.3, 0.4) is 0 Å². The summed E-state index contributed by atoms with van der Waals surface area (Å²) in [5.74, 6) is 1.04. The highest BCUT2D eigenvalue weighted by atomic mass is 32.2. The zero-order chi connectivity index (χ0) is 15.7. The Morgan fingerprint density at radius 1 is 1.48 bits per heavy atom. The van der Waals surface area contributed by atoms with E-state index in [1.54, 1.807) is 7.11 Å². The molecule has 21 heavy (non-hydrogen) atoms. The van der Waals surface area contributed by atoms with E-state index in [4.69, 9.17) is 4.74 Å². The lowest BCUT2D eigenvalue weighted by molar-refractivity contribution is 0.199. The quantitative estimate of drug-likeness (QED) is 0.710. The summed E-state index contributed by atoms with van der Waals surface area (Å²) in [5.41, 5.74) is 2.86. The molecule has 0 saturated carbocycles. The van der Waals surface area contributed by atoms with Gasteiger partial charge in [-0.3, -0.25) is 0 Å². The molecule has 0 amide bonds. The fourth-order valence-corrected chi connectivity index (χ4v) is 2.79. The van der Waals surface area contributed by atoms with Crippen molar-refractivity contribution in [3.63, 3.8) is 0 Å². The van der Waals surface area contributed by atoms with E-state index >= 15 is 0 Å². The monoisotopic (exact) mass is 307 g/mol. The van der Waals surface area contributed by atoms with Crippen molar-refractivity contribution < 1.29 is 4.74 Å². The first-order valence-electron chi connectivity index (χ1n) is 7.08. The first kappa shape index (κ1) is 17.8. The number of benzene rings is 1. The van der Waals surface area contributed by atoms with Crippen molar-refractivity contribution in [3.8, 4) is 6.07 Å². The Morgan fingerprint density at radius 3 is 2.86 bits per heavy atom. The summed E-state index contributed by atoms with van der Waals surface area (Å²) >= 11 is 1.82. The largest absolute Gasteiger partial charge is 0.383 e. The molecule has 1 atom stereocenters. The van der Waals surface area contributed by atoms with Crippen LogP contribution in [0.25, 0.3) is 0 Å². The molecule has 0 aliphatic carbocycles. The number of hydrogen-bond donors (Lipinski definition) is 1. The lowest BCUT2D eigenvalue weighted by atomic mass is 10.1. The van der Waals surface area contributed by atoms with E-state index in [0.717, 1.165) is 35.7 Å². The second-order valence-corrected chi connectivity index (χ2v) is 5.96. The molecular formula is C16H25N3OS. The molecule has 0 aromatic heterocycles. The topological polar surface area (TPSA) is 48.3 Å². The third-order valence-corrected chi connectivity index (χ3v) is 4.26. The van der Waals surface area contributed by atoms with Gasteiger partial charge in [-0.15, -0.1) is 0 Å². The van der Waals surface area contributed by atoms with Gasteiger partial charge in [0.15, 0.2) is 0 Å². The van der Waals surface area contributed by atoms with Crippen LogP contribution in [0.2, 0.25) is 0 Å². The first-order chi connectivity index (χ1) is 10.1. The highest BCUT2D eigenvalue weighted by molar-refractivity contribution is 7.98. The minimum absolute atomic E-state index is 0.401. The fraction of sp³-hybridized carbons (Fsp3) is 0.562. The number of hydrogen-bond acceptors (Lipinski definition) is 5. The highest BCUT2D eigenvalue weighted by Crippen LogP contribution is 2.23. The molecule has 1 aromatic carbocycles. The molecule has 0 radical (unpaired) electrons. The van der Waals surface area contributed by atoms with Crippen LogP contribution in [0.4, 0.5) is 5.69 Å². The molecule has 0 saturated heterocycles. The maximum absolute atomic E-state index is 9.39. The van der Waals surface area contributed by atoms with Crippen LogP contribution in [0.5, 0.6) is 0 Å². The molecule has 4 nitrogen and oxygen atoms in total. The number of nitrogens with one attached hydrogen (secondary N) is 1. The summed E-state index contributed by atoms with van der Waals surface area (Å²) < 4.78 is 5.00. The molecule has 1 rings (SSSR count). The van der Waals surface area contributed by atoms with Crippen LogP contribution in [0, 0.1) is 11.3 Å². The molecule has 5 heteroatoms. The highest BCUT2D eigenvalue weighted by Gasteiger charge is 2.13. The summed E-state index contributed by atoms with van der Waals surface area (Å²) in [6.07, 6.45) is 2.10. The predicted octanol–water partition coefficient (Wildman–Crippen LogP) is 2.48. The van der Waals surface area contributed by atoms with E-state index in [9.17, 15) is 5.26 Å². The van der Waals surface area contributed by atoms with E-state index in [0.29, 0.717) is 12.6 Å². The number of anilines is 1. The Hall–Kier alpha value is -1.22. The van der Waals surface area contributed by atoms with Crippen LogP contribution in [0.1, 0.15) is 18.1 Å². The lowest BCUT2D eigenvalue weighted by Crippen LogP contribution is -2.31. The van der Waals surface area contributed by atoms with E-state index in [-0.39, 0.29) is 0 Å². The van der Waals surface area contributed by atoms with Gasteiger partial charge in [0.1, 0.15) is 6.07 Å². The number of nitrogens with zero attached hydrogens (tertiary/aromatic N) is 2. The van der Waals surface area contributed by atoms with Gasteiger partial charge in [0, 0.05) is 39.0 Å². The second-order valence-electron chi connectivity index (χ2n) is 5.05. The molecule has 1 N–H and O–H groups in total. The van der Waals surface area contributed by atoms with Crippen molar-refractivity contribution in [2.24, 2.45) is 0 Å². The average Bonchev–Trinajstić information content (AvgIpc) is 2.51. The van der Waals surface area contributed by atoms with Crippen molar-refractivity contribution in [1.82, 2.24) is 5.32 Å². The summed E-state index contributed by atoms with van der Waals surface area (Å²) in [6.45, 7) is 4.43. The van der Waals surface area contributed by atoms with Gasteiger partial charge < -0.3 is 15.0 Å². The van der Waals surface area contributed by atoms with Crippen molar-refractivity contribution in [2.45, 2.75) is 19.5 Å². The number of rotatable bonds is 9. The van der Waals surface area contributed by atoms with E-state index in [1.165, 1.54) is 0 Å². The second kappa shape index (κ2) is 9.67. The fourth-order valence-electron chi connectivity index (χ4n) is 2.09. The maximum Gasteiger partial charge on any atom is 0.101 e. The summed E-state index contributed by atoms with van der Waals surface area (Å²) in [6, 6.07) is 8.81. The first-order valence-corrected chi connectivity index (χ1v) is 8.47. The Morgan fingerprint density at radius 2 is 2.24 bits per heavy atom. The number of ether oxygens (including phenoxy) is 1. The molecule has 0 bridgehead atoms. The molecule has 0 fully saturated rings. The summed E-state index contributed by atoms with van der Waals surface area (Å²) in [5, 5.41) is 12.7. The van der Waals surface area contributed by atoms with Gasteiger partial charge in [-0.05, 0) is 30.9 Å². The molecular weight excluding hydrogens is 282 g/mol. The van der Waals surface area contributed by atoms with E-state index in [2.05, 4.69) is 35.5 Å². The van der Waals surface area contributed by atoms with Crippen LogP contribution >= 0.6 is 11.8 Å². The zero-order valence-electron chi connectivity index (χ0n) is 13.3. The smallest absolute Gasteiger partial charge is 0.101 e. The number of nitriles is 1.